The summed E-state index contributed by atoms with van der Waals surface area (Å²) >= 11 is 0. The van der Waals surface area contributed by atoms with Crippen LogP contribution in [0.15, 0.2) is 61.1 Å². The molecule has 9 heteroatoms. The van der Waals surface area contributed by atoms with E-state index in [1.54, 1.807) is 18.6 Å². The molecule has 34 heavy (non-hydrogen) atoms. The van der Waals surface area contributed by atoms with E-state index in [4.69, 9.17) is 0 Å². The van der Waals surface area contributed by atoms with Crippen molar-refractivity contribution in [2.24, 2.45) is 5.92 Å². The molecule has 0 N–H and O–H groups in total. The molecule has 2 unspecified atom stereocenters. The number of nitrogens with zero attached hydrogens (tertiary/aromatic N) is 2. The molecule has 0 saturated carbocycles. The second kappa shape index (κ2) is 12.1. The molecule has 0 fully saturated rings. The van der Waals surface area contributed by atoms with Gasteiger partial charge in [0.15, 0.2) is 11.5 Å². The highest BCUT2D eigenvalue weighted by atomic mass is 19.3. The van der Waals surface area contributed by atoms with Crippen molar-refractivity contribution in [3.63, 3.8) is 0 Å². The van der Waals surface area contributed by atoms with E-state index >= 15 is 0 Å². The fraction of sp³-hybridized carbons (Fsp3) is 0.320. The maximum absolute atomic E-state index is 12.9. The van der Waals surface area contributed by atoms with E-state index in [1.165, 1.54) is 18.2 Å². The van der Waals surface area contributed by atoms with Crippen molar-refractivity contribution in [1.29, 1.82) is 0 Å². The predicted octanol–water partition coefficient (Wildman–Crippen LogP) is 5.82. The normalized spacial score (nSPS) is 13.0. The third-order valence-electron chi connectivity index (χ3n) is 5.41. The molecule has 0 amide bonds. The molecule has 0 radical (unpaired) electrons. The van der Waals surface area contributed by atoms with Crippen molar-refractivity contribution in [1.82, 2.24) is 9.97 Å². The Morgan fingerprint density at radius 1 is 0.882 bits per heavy atom. The quantitative estimate of drug-likeness (QED) is 0.243. The summed E-state index contributed by atoms with van der Waals surface area (Å²) in [5.41, 5.74) is 2.99. The van der Waals surface area contributed by atoms with Gasteiger partial charge in [-0.1, -0.05) is 19.1 Å². The summed E-state index contributed by atoms with van der Waals surface area (Å²) in [6.07, 6.45) is 7.62. The van der Waals surface area contributed by atoms with Crippen molar-refractivity contribution in [2.45, 2.75) is 45.3 Å². The summed E-state index contributed by atoms with van der Waals surface area (Å²) in [6, 6.07) is 11.3. The molecule has 0 saturated heterocycles. The van der Waals surface area contributed by atoms with Gasteiger partial charge >= 0.3 is 13.2 Å². The van der Waals surface area contributed by atoms with Gasteiger partial charge in [0.05, 0.1) is 0 Å². The summed E-state index contributed by atoms with van der Waals surface area (Å²) in [5, 5.41) is 0. The molecule has 0 aliphatic rings. The minimum absolute atomic E-state index is 0.100. The van der Waals surface area contributed by atoms with Gasteiger partial charge in [-0.15, -0.1) is 0 Å². The first-order chi connectivity index (χ1) is 16.4. The largest absolute Gasteiger partial charge is 0.431 e. The Kier molecular flexibility index (Phi) is 8.95. The number of hydrogen-bond acceptors (Lipinski definition) is 5. The van der Waals surface area contributed by atoms with Crippen LogP contribution in [0.2, 0.25) is 0 Å². The second-order valence-corrected chi connectivity index (χ2v) is 7.68. The van der Waals surface area contributed by atoms with E-state index in [-0.39, 0.29) is 5.92 Å². The third kappa shape index (κ3) is 7.00. The summed E-state index contributed by atoms with van der Waals surface area (Å²) < 4.78 is 60.1. The molecule has 2 heterocycles. The summed E-state index contributed by atoms with van der Waals surface area (Å²) in [6.45, 7) is -4.46. The minimum atomic E-state index is -3.21. The standard InChI is InChI=1S/C25H24F4N2O3/c1-2-16(15-32)11-18-3-5-21(31-14-18)20(12-17-7-9-30-10-8-17)19-4-6-22(33-24(26)27)23(13-19)34-25(28)29/h3-10,13-16,20,24-25H,2,11-12H2,1H3. The molecular formula is C25H24F4N2O3. The Bertz CT molecular complexity index is 1050. The predicted molar refractivity (Wildman–Crippen MR) is 117 cm³/mol. The highest BCUT2D eigenvalue weighted by Gasteiger charge is 2.22. The van der Waals surface area contributed by atoms with Crippen molar-refractivity contribution >= 4 is 6.29 Å². The molecule has 3 aromatic rings. The number of halogens is 4. The number of benzene rings is 1. The first-order valence-corrected chi connectivity index (χ1v) is 10.7. The van der Waals surface area contributed by atoms with Crippen molar-refractivity contribution < 1.29 is 31.8 Å². The van der Waals surface area contributed by atoms with E-state index in [2.05, 4.69) is 19.4 Å². The average molecular weight is 476 g/mol. The lowest BCUT2D eigenvalue weighted by Crippen LogP contribution is -2.11. The first kappa shape index (κ1) is 25.1. The van der Waals surface area contributed by atoms with E-state index < -0.39 is 30.6 Å². The molecule has 1 aromatic carbocycles. The van der Waals surface area contributed by atoms with Crippen LogP contribution in [0.1, 0.15) is 41.6 Å². The summed E-state index contributed by atoms with van der Waals surface area (Å²) in [7, 11) is 0. The van der Waals surface area contributed by atoms with E-state index in [0.29, 0.717) is 24.1 Å². The molecule has 0 bridgehead atoms. The van der Waals surface area contributed by atoms with Crippen LogP contribution >= 0.6 is 0 Å². The lowest BCUT2D eigenvalue weighted by atomic mass is 9.88. The molecule has 0 aliphatic heterocycles. The van der Waals surface area contributed by atoms with Crippen LogP contribution < -0.4 is 9.47 Å². The minimum Gasteiger partial charge on any atom is -0.431 e. The zero-order chi connectivity index (χ0) is 24.5. The lowest BCUT2D eigenvalue weighted by Gasteiger charge is -2.20. The molecule has 2 aromatic heterocycles. The number of aldehydes is 1. The highest BCUT2D eigenvalue weighted by molar-refractivity contribution is 5.54. The fourth-order valence-corrected chi connectivity index (χ4v) is 3.62. The van der Waals surface area contributed by atoms with Crippen LogP contribution in [0, 0.1) is 5.92 Å². The number of rotatable bonds is 12. The van der Waals surface area contributed by atoms with Gasteiger partial charge < -0.3 is 14.3 Å². The second-order valence-electron chi connectivity index (χ2n) is 7.68. The van der Waals surface area contributed by atoms with E-state index in [9.17, 15) is 22.4 Å². The van der Waals surface area contributed by atoms with Gasteiger partial charge in [-0.3, -0.25) is 9.97 Å². The smallest absolute Gasteiger partial charge is 0.387 e. The third-order valence-corrected chi connectivity index (χ3v) is 5.41. The van der Waals surface area contributed by atoms with Gasteiger partial charge in [0, 0.05) is 36.1 Å². The van der Waals surface area contributed by atoms with Gasteiger partial charge in [0.25, 0.3) is 0 Å². The van der Waals surface area contributed by atoms with Gasteiger partial charge in [0.2, 0.25) is 0 Å². The van der Waals surface area contributed by atoms with Crippen molar-refractivity contribution in [3.8, 4) is 11.5 Å². The van der Waals surface area contributed by atoms with Crippen LogP contribution in [-0.2, 0) is 17.6 Å². The number of ether oxygens (including phenoxy) is 2. The zero-order valence-electron chi connectivity index (χ0n) is 18.4. The Morgan fingerprint density at radius 2 is 1.59 bits per heavy atom. The summed E-state index contributed by atoms with van der Waals surface area (Å²) in [5.74, 6) is -1.47. The number of alkyl halides is 4. The highest BCUT2D eigenvalue weighted by Crippen LogP contribution is 2.36. The Morgan fingerprint density at radius 3 is 2.18 bits per heavy atom. The van der Waals surface area contributed by atoms with Crippen molar-refractivity contribution in [2.75, 3.05) is 0 Å². The molecular weight excluding hydrogens is 452 g/mol. The Balaban J connectivity index is 1.98. The number of carbonyl (C=O) groups is 1. The van der Waals surface area contributed by atoms with E-state index in [0.717, 1.165) is 23.8 Å². The maximum atomic E-state index is 12.9. The number of hydrogen-bond donors (Lipinski definition) is 0. The molecule has 3 rings (SSSR count). The summed E-state index contributed by atoms with van der Waals surface area (Å²) in [4.78, 5) is 19.7. The monoisotopic (exact) mass is 476 g/mol. The number of pyridine rings is 2. The fourth-order valence-electron chi connectivity index (χ4n) is 3.62. The van der Waals surface area contributed by atoms with Gasteiger partial charge in [-0.05, 0) is 66.3 Å². The van der Waals surface area contributed by atoms with E-state index in [1.807, 2.05) is 31.2 Å². The average Bonchev–Trinajstić information content (AvgIpc) is 2.83. The zero-order valence-corrected chi connectivity index (χ0v) is 18.4. The van der Waals surface area contributed by atoms with Crippen LogP contribution in [0.25, 0.3) is 0 Å². The lowest BCUT2D eigenvalue weighted by molar-refractivity contribution is -0.111. The van der Waals surface area contributed by atoms with Gasteiger partial charge in [-0.25, -0.2) is 0 Å². The molecule has 0 spiro atoms. The van der Waals surface area contributed by atoms with Gasteiger partial charge in [0.1, 0.15) is 6.29 Å². The van der Waals surface area contributed by atoms with Crippen molar-refractivity contribution in [3.05, 3.63) is 83.4 Å². The Labute approximate surface area is 194 Å². The van der Waals surface area contributed by atoms with Gasteiger partial charge in [-0.2, -0.15) is 17.6 Å². The van der Waals surface area contributed by atoms with Crippen LogP contribution in [0.3, 0.4) is 0 Å². The maximum Gasteiger partial charge on any atom is 0.387 e. The Hall–Kier alpha value is -3.49. The molecule has 5 nitrogen and oxygen atoms in total. The first-order valence-electron chi connectivity index (χ1n) is 10.7. The number of carbonyl (C=O) groups excluding carboxylic acids is 1. The number of aromatic nitrogens is 2. The van der Waals surface area contributed by atoms with Crippen LogP contribution in [-0.4, -0.2) is 29.5 Å². The SMILES string of the molecule is CCC(C=O)Cc1ccc(C(Cc2ccncc2)c2ccc(OC(F)F)c(OC(F)F)c2)nc1. The molecule has 2 atom stereocenters. The topological polar surface area (TPSA) is 61.3 Å². The molecule has 0 aliphatic carbocycles. The van der Waals surface area contributed by atoms with Crippen LogP contribution in [0.5, 0.6) is 11.5 Å². The molecule has 180 valence electrons. The van der Waals surface area contributed by atoms with Crippen LogP contribution in [0.4, 0.5) is 17.6 Å².